The van der Waals surface area contributed by atoms with Crippen molar-refractivity contribution in [3.8, 4) is 16.9 Å². The van der Waals surface area contributed by atoms with Crippen LogP contribution in [0.4, 0.5) is 0 Å². The number of aryl methyl sites for hydroxylation is 1. The summed E-state index contributed by atoms with van der Waals surface area (Å²) in [6.45, 7) is 8.43. The predicted molar refractivity (Wildman–Crippen MR) is 89.1 cm³/mol. The van der Waals surface area contributed by atoms with Crippen molar-refractivity contribution in [2.24, 2.45) is 5.14 Å². The van der Waals surface area contributed by atoms with Crippen LogP contribution in [0.5, 0.6) is 5.75 Å². The summed E-state index contributed by atoms with van der Waals surface area (Å²) in [6, 6.07) is 13.5. The summed E-state index contributed by atoms with van der Waals surface area (Å²) in [4.78, 5) is 0. The highest BCUT2D eigenvalue weighted by atomic mass is 32.2. The van der Waals surface area contributed by atoms with E-state index < -0.39 is 10.3 Å². The largest absolute Gasteiger partial charge is 0.380 e. The molecular weight excluding hydrogens is 298 g/mol. The lowest BCUT2D eigenvalue weighted by Crippen LogP contribution is -2.18. The van der Waals surface area contributed by atoms with Crippen LogP contribution >= 0.6 is 0 Å². The van der Waals surface area contributed by atoms with Crippen molar-refractivity contribution in [2.45, 2.75) is 33.1 Å². The second kappa shape index (κ2) is 5.74. The molecular formula is C17H21NO3S. The molecule has 0 heterocycles. The topological polar surface area (TPSA) is 69.4 Å². The van der Waals surface area contributed by atoms with Crippen LogP contribution in [0.1, 0.15) is 31.9 Å². The summed E-state index contributed by atoms with van der Waals surface area (Å²) in [5.74, 6) is 0.218. The smallest absolute Gasteiger partial charge is 0.371 e. The van der Waals surface area contributed by atoms with Gasteiger partial charge in [-0.3, -0.25) is 0 Å². The van der Waals surface area contributed by atoms with Gasteiger partial charge in [-0.25, -0.2) is 0 Å². The molecule has 4 nitrogen and oxygen atoms in total. The Morgan fingerprint density at radius 3 is 2.05 bits per heavy atom. The Balaban J connectivity index is 2.34. The molecule has 2 aromatic carbocycles. The number of benzene rings is 2. The van der Waals surface area contributed by atoms with Crippen LogP contribution in [-0.2, 0) is 15.7 Å². The molecule has 0 saturated heterocycles. The van der Waals surface area contributed by atoms with Crippen LogP contribution in [0.2, 0.25) is 0 Å². The zero-order valence-corrected chi connectivity index (χ0v) is 14.1. The summed E-state index contributed by atoms with van der Waals surface area (Å²) in [6.07, 6.45) is 0. The van der Waals surface area contributed by atoms with Gasteiger partial charge < -0.3 is 4.18 Å². The maximum atomic E-state index is 11.0. The van der Waals surface area contributed by atoms with E-state index in [-0.39, 0.29) is 11.2 Å². The Labute approximate surface area is 132 Å². The van der Waals surface area contributed by atoms with E-state index in [1.165, 1.54) is 5.56 Å². The molecule has 2 aromatic rings. The zero-order valence-electron chi connectivity index (χ0n) is 13.3. The third kappa shape index (κ3) is 4.08. The molecule has 2 rings (SSSR count). The number of hydrogen-bond donors (Lipinski definition) is 1. The van der Waals surface area contributed by atoms with Gasteiger partial charge in [0.05, 0.1) is 0 Å². The second-order valence-corrected chi connectivity index (χ2v) is 7.53. The quantitative estimate of drug-likeness (QED) is 0.940. The lowest BCUT2D eigenvalue weighted by Gasteiger charge is -2.19. The van der Waals surface area contributed by atoms with E-state index in [9.17, 15) is 8.42 Å². The molecule has 0 atom stereocenters. The van der Waals surface area contributed by atoms with Crippen molar-refractivity contribution in [2.75, 3.05) is 0 Å². The lowest BCUT2D eigenvalue weighted by molar-refractivity contribution is 0.487. The Morgan fingerprint density at radius 1 is 1.00 bits per heavy atom. The standard InChI is InChI=1S/C17H21NO3S/c1-12-11-15(21-22(18,19)20)9-10-16(12)13-5-7-14(8-6-13)17(2,3)4/h5-11H,1-4H3,(H2,18,19,20). The van der Waals surface area contributed by atoms with Gasteiger partial charge in [-0.15, -0.1) is 0 Å². The average molecular weight is 319 g/mol. The molecule has 0 aliphatic carbocycles. The normalized spacial score (nSPS) is 12.2. The van der Waals surface area contributed by atoms with Crippen LogP contribution in [0.15, 0.2) is 42.5 Å². The van der Waals surface area contributed by atoms with Crippen LogP contribution in [0.25, 0.3) is 11.1 Å². The van der Waals surface area contributed by atoms with Crippen molar-refractivity contribution < 1.29 is 12.6 Å². The van der Waals surface area contributed by atoms with Crippen LogP contribution < -0.4 is 9.32 Å². The van der Waals surface area contributed by atoms with Crippen molar-refractivity contribution in [3.05, 3.63) is 53.6 Å². The van der Waals surface area contributed by atoms with E-state index >= 15 is 0 Å². The molecule has 0 spiro atoms. The minimum atomic E-state index is -3.99. The van der Waals surface area contributed by atoms with Gasteiger partial charge in [-0.2, -0.15) is 13.6 Å². The molecule has 0 fully saturated rings. The van der Waals surface area contributed by atoms with Crippen molar-refractivity contribution >= 4 is 10.3 Å². The molecule has 0 bridgehead atoms. The SMILES string of the molecule is Cc1cc(OS(N)(=O)=O)ccc1-c1ccc(C(C)(C)C)cc1. The van der Waals surface area contributed by atoms with Crippen LogP contribution in [0.3, 0.4) is 0 Å². The molecule has 0 saturated carbocycles. The average Bonchev–Trinajstić information content (AvgIpc) is 2.36. The van der Waals surface area contributed by atoms with Crippen LogP contribution in [0, 0.1) is 6.92 Å². The van der Waals surface area contributed by atoms with Gasteiger partial charge in [0, 0.05) is 0 Å². The maximum Gasteiger partial charge on any atom is 0.380 e. The van der Waals surface area contributed by atoms with Crippen molar-refractivity contribution in [1.82, 2.24) is 0 Å². The Morgan fingerprint density at radius 2 is 1.59 bits per heavy atom. The number of nitrogens with two attached hydrogens (primary N) is 1. The second-order valence-electron chi connectivity index (χ2n) is 6.38. The molecule has 118 valence electrons. The highest BCUT2D eigenvalue weighted by Gasteiger charge is 2.14. The summed E-state index contributed by atoms with van der Waals surface area (Å²) in [5.41, 5.74) is 4.41. The molecule has 0 amide bonds. The molecule has 22 heavy (non-hydrogen) atoms. The van der Waals surface area contributed by atoms with Gasteiger partial charge in [-0.1, -0.05) is 51.1 Å². The monoisotopic (exact) mass is 319 g/mol. The summed E-state index contributed by atoms with van der Waals surface area (Å²) in [7, 11) is -3.99. The predicted octanol–water partition coefficient (Wildman–Crippen LogP) is 3.54. The Bertz CT molecular complexity index is 773. The Hall–Kier alpha value is -1.85. The van der Waals surface area contributed by atoms with Crippen molar-refractivity contribution in [1.29, 1.82) is 0 Å². The number of hydrogen-bond acceptors (Lipinski definition) is 3. The summed E-state index contributed by atoms with van der Waals surface area (Å²) in [5, 5.41) is 4.87. The van der Waals surface area contributed by atoms with Gasteiger partial charge in [0.1, 0.15) is 5.75 Å². The van der Waals surface area contributed by atoms with Gasteiger partial charge in [-0.05, 0) is 46.7 Å². The van der Waals surface area contributed by atoms with E-state index in [0.717, 1.165) is 16.7 Å². The third-order valence-electron chi connectivity index (χ3n) is 3.47. The molecule has 0 aliphatic rings. The fraction of sp³-hybridized carbons (Fsp3) is 0.294. The van der Waals surface area contributed by atoms with E-state index in [1.54, 1.807) is 12.1 Å². The maximum absolute atomic E-state index is 11.0. The van der Waals surface area contributed by atoms with E-state index in [2.05, 4.69) is 49.2 Å². The minimum absolute atomic E-state index is 0.112. The lowest BCUT2D eigenvalue weighted by atomic mass is 9.86. The van der Waals surface area contributed by atoms with Gasteiger partial charge in [0.15, 0.2) is 0 Å². The Kier molecular flexibility index (Phi) is 4.31. The first-order valence-electron chi connectivity index (χ1n) is 7.00. The molecule has 0 aromatic heterocycles. The van der Waals surface area contributed by atoms with Gasteiger partial charge in [0.25, 0.3) is 0 Å². The van der Waals surface area contributed by atoms with E-state index in [0.29, 0.717) is 0 Å². The molecule has 2 N–H and O–H groups in total. The van der Waals surface area contributed by atoms with Gasteiger partial charge in [0.2, 0.25) is 0 Å². The molecule has 0 radical (unpaired) electrons. The highest BCUT2D eigenvalue weighted by molar-refractivity contribution is 7.84. The summed E-state index contributed by atoms with van der Waals surface area (Å²) < 4.78 is 26.6. The molecule has 0 unspecified atom stereocenters. The molecule has 5 heteroatoms. The third-order valence-corrected chi connectivity index (χ3v) is 3.90. The van der Waals surface area contributed by atoms with E-state index in [4.69, 9.17) is 5.14 Å². The fourth-order valence-corrected chi connectivity index (χ4v) is 2.67. The van der Waals surface area contributed by atoms with Crippen LogP contribution in [-0.4, -0.2) is 8.42 Å². The highest BCUT2D eigenvalue weighted by Crippen LogP contribution is 2.29. The first-order chi connectivity index (χ1) is 10.1. The zero-order chi connectivity index (χ0) is 16.5. The first-order valence-corrected chi connectivity index (χ1v) is 8.47. The fourth-order valence-electron chi connectivity index (χ4n) is 2.30. The van der Waals surface area contributed by atoms with Crippen molar-refractivity contribution in [3.63, 3.8) is 0 Å². The van der Waals surface area contributed by atoms with Gasteiger partial charge >= 0.3 is 10.3 Å². The first kappa shape index (κ1) is 16.5. The number of rotatable bonds is 3. The summed E-state index contributed by atoms with van der Waals surface area (Å²) >= 11 is 0. The molecule has 0 aliphatic heterocycles. The minimum Gasteiger partial charge on any atom is -0.371 e. The van der Waals surface area contributed by atoms with E-state index in [1.807, 2.05) is 13.0 Å².